The molecule has 0 amide bonds. The molecule has 0 aliphatic carbocycles. The molecule has 1 aliphatic heterocycles. The summed E-state index contributed by atoms with van der Waals surface area (Å²) in [5, 5.41) is 22.1. The first kappa shape index (κ1) is 16.4. The number of aliphatic hydroxyl groups is 1. The van der Waals surface area contributed by atoms with Crippen molar-refractivity contribution in [3.63, 3.8) is 0 Å². The third kappa shape index (κ3) is 4.10. The van der Waals surface area contributed by atoms with Gasteiger partial charge in [0.15, 0.2) is 0 Å². The highest BCUT2D eigenvalue weighted by atomic mass is 16.3. The van der Waals surface area contributed by atoms with Gasteiger partial charge in [-0.2, -0.15) is 5.26 Å². The van der Waals surface area contributed by atoms with E-state index in [4.69, 9.17) is 5.26 Å². The van der Waals surface area contributed by atoms with Gasteiger partial charge in [-0.3, -0.25) is 4.90 Å². The summed E-state index contributed by atoms with van der Waals surface area (Å²) in [5.74, 6) is 0.621. The largest absolute Gasteiger partial charge is 0.393 e. The average Bonchev–Trinajstić information content (AvgIpc) is 2.63. The van der Waals surface area contributed by atoms with E-state index in [1.54, 1.807) is 18.3 Å². The van der Waals surface area contributed by atoms with Crippen LogP contribution in [0.5, 0.6) is 0 Å². The summed E-state index contributed by atoms with van der Waals surface area (Å²) < 4.78 is 0. The molecular weight excluding hydrogens is 300 g/mol. The number of pyridine rings is 1. The van der Waals surface area contributed by atoms with E-state index in [1.807, 2.05) is 6.07 Å². The molecule has 1 aliphatic rings. The predicted molar refractivity (Wildman–Crippen MR) is 93.2 cm³/mol. The lowest BCUT2D eigenvalue weighted by atomic mass is 10.0. The Morgan fingerprint density at radius 3 is 2.67 bits per heavy atom. The Kier molecular flexibility index (Phi) is 5.42. The Hall–Kier alpha value is -2.42. The Morgan fingerprint density at radius 1 is 1.17 bits per heavy atom. The fourth-order valence-electron chi connectivity index (χ4n) is 3.02. The van der Waals surface area contributed by atoms with Gasteiger partial charge in [0, 0.05) is 32.4 Å². The Bertz CT molecular complexity index is 717. The number of rotatable bonds is 5. The summed E-state index contributed by atoms with van der Waals surface area (Å²) in [7, 11) is 0. The van der Waals surface area contributed by atoms with Crippen LogP contribution in [0.2, 0.25) is 0 Å². The second kappa shape index (κ2) is 7.91. The van der Waals surface area contributed by atoms with E-state index in [0.717, 1.165) is 32.5 Å². The summed E-state index contributed by atoms with van der Waals surface area (Å²) in [6.07, 6.45) is 3.24. The number of nitriles is 1. The molecule has 1 aromatic heterocycles. The van der Waals surface area contributed by atoms with Crippen molar-refractivity contribution in [2.24, 2.45) is 0 Å². The molecule has 5 heteroatoms. The van der Waals surface area contributed by atoms with E-state index in [1.165, 1.54) is 11.1 Å². The van der Waals surface area contributed by atoms with E-state index in [-0.39, 0.29) is 6.10 Å². The molecule has 5 nitrogen and oxygen atoms in total. The lowest BCUT2D eigenvalue weighted by Gasteiger charge is -2.30. The van der Waals surface area contributed by atoms with Crippen molar-refractivity contribution in [3.05, 3.63) is 59.3 Å². The van der Waals surface area contributed by atoms with Gasteiger partial charge >= 0.3 is 0 Å². The molecule has 1 saturated heterocycles. The quantitative estimate of drug-likeness (QED) is 0.885. The molecule has 2 aromatic rings. The molecule has 0 bridgehead atoms. The van der Waals surface area contributed by atoms with E-state index in [2.05, 4.69) is 39.5 Å². The highest BCUT2D eigenvalue weighted by Gasteiger charge is 2.17. The topological polar surface area (TPSA) is 72.2 Å². The van der Waals surface area contributed by atoms with Gasteiger partial charge in [0.05, 0.1) is 11.7 Å². The van der Waals surface area contributed by atoms with Crippen molar-refractivity contribution in [2.75, 3.05) is 18.4 Å². The minimum Gasteiger partial charge on any atom is -0.393 e. The standard InChI is InChI=1S/C19H22N4O/c20-12-15-6-3-9-21-19(15)22-13-16-4-1-2-5-17(16)14-23-10-7-18(24)8-11-23/h1-6,9,18,24H,7-8,10-11,13-14H2,(H,21,22). The molecule has 0 unspecified atom stereocenters. The van der Waals surface area contributed by atoms with Crippen LogP contribution in [0.1, 0.15) is 29.5 Å². The van der Waals surface area contributed by atoms with Gasteiger partial charge in [-0.15, -0.1) is 0 Å². The van der Waals surface area contributed by atoms with Crippen LogP contribution in [0.25, 0.3) is 0 Å². The number of benzene rings is 1. The summed E-state index contributed by atoms with van der Waals surface area (Å²) in [5.41, 5.74) is 3.04. The monoisotopic (exact) mass is 322 g/mol. The van der Waals surface area contributed by atoms with Gasteiger partial charge < -0.3 is 10.4 Å². The molecule has 1 aromatic carbocycles. The highest BCUT2D eigenvalue weighted by Crippen LogP contribution is 2.18. The fraction of sp³-hybridized carbons (Fsp3) is 0.368. The first-order chi connectivity index (χ1) is 11.8. The van der Waals surface area contributed by atoms with Crippen LogP contribution in [0.4, 0.5) is 5.82 Å². The van der Waals surface area contributed by atoms with Gasteiger partial charge in [0.25, 0.3) is 0 Å². The number of piperidine rings is 1. The number of aromatic nitrogens is 1. The molecule has 0 atom stereocenters. The first-order valence-corrected chi connectivity index (χ1v) is 8.32. The molecule has 2 heterocycles. The van der Waals surface area contributed by atoms with Gasteiger partial charge in [0.2, 0.25) is 0 Å². The van der Waals surface area contributed by atoms with Crippen molar-refractivity contribution in [1.82, 2.24) is 9.88 Å². The molecule has 124 valence electrons. The minimum atomic E-state index is -0.147. The highest BCUT2D eigenvalue weighted by molar-refractivity contribution is 5.51. The van der Waals surface area contributed by atoms with Gasteiger partial charge in [-0.1, -0.05) is 24.3 Å². The van der Waals surface area contributed by atoms with Crippen LogP contribution in [-0.2, 0) is 13.1 Å². The van der Waals surface area contributed by atoms with E-state index in [0.29, 0.717) is 17.9 Å². The Morgan fingerprint density at radius 2 is 1.92 bits per heavy atom. The minimum absolute atomic E-state index is 0.147. The summed E-state index contributed by atoms with van der Waals surface area (Å²) in [4.78, 5) is 6.63. The molecular formula is C19H22N4O. The lowest BCUT2D eigenvalue weighted by molar-refractivity contribution is 0.0791. The predicted octanol–water partition coefficient (Wildman–Crippen LogP) is 2.52. The van der Waals surface area contributed by atoms with Crippen LogP contribution >= 0.6 is 0 Å². The number of likely N-dealkylation sites (tertiary alicyclic amines) is 1. The van der Waals surface area contributed by atoms with Crippen LogP contribution in [0, 0.1) is 11.3 Å². The number of hydrogen-bond acceptors (Lipinski definition) is 5. The number of aliphatic hydroxyl groups excluding tert-OH is 1. The zero-order chi connectivity index (χ0) is 16.8. The van der Waals surface area contributed by atoms with Gasteiger partial charge in [-0.05, 0) is 36.1 Å². The average molecular weight is 322 g/mol. The SMILES string of the molecule is N#Cc1cccnc1NCc1ccccc1CN1CCC(O)CC1. The third-order valence-corrected chi connectivity index (χ3v) is 4.44. The van der Waals surface area contributed by atoms with E-state index in [9.17, 15) is 5.11 Å². The van der Waals surface area contributed by atoms with Crippen molar-refractivity contribution in [2.45, 2.75) is 32.0 Å². The van der Waals surface area contributed by atoms with Crippen molar-refractivity contribution >= 4 is 5.82 Å². The molecule has 0 radical (unpaired) electrons. The molecule has 0 spiro atoms. The fourth-order valence-corrected chi connectivity index (χ4v) is 3.02. The van der Waals surface area contributed by atoms with Crippen LogP contribution in [0.15, 0.2) is 42.6 Å². The van der Waals surface area contributed by atoms with E-state index >= 15 is 0 Å². The van der Waals surface area contributed by atoms with Crippen molar-refractivity contribution < 1.29 is 5.11 Å². The number of nitrogens with one attached hydrogen (secondary N) is 1. The maximum atomic E-state index is 9.64. The second-order valence-electron chi connectivity index (χ2n) is 6.14. The molecule has 2 N–H and O–H groups in total. The lowest BCUT2D eigenvalue weighted by Crippen LogP contribution is -2.35. The summed E-state index contributed by atoms with van der Waals surface area (Å²) in [6, 6.07) is 14.0. The Labute approximate surface area is 142 Å². The molecule has 0 saturated carbocycles. The number of anilines is 1. The first-order valence-electron chi connectivity index (χ1n) is 8.32. The van der Waals surface area contributed by atoms with Gasteiger partial charge in [-0.25, -0.2) is 4.98 Å². The maximum absolute atomic E-state index is 9.64. The van der Waals surface area contributed by atoms with Crippen LogP contribution in [-0.4, -0.2) is 34.2 Å². The second-order valence-corrected chi connectivity index (χ2v) is 6.14. The maximum Gasteiger partial charge on any atom is 0.144 e. The number of hydrogen-bond donors (Lipinski definition) is 2. The van der Waals surface area contributed by atoms with Gasteiger partial charge in [0.1, 0.15) is 11.9 Å². The van der Waals surface area contributed by atoms with E-state index < -0.39 is 0 Å². The number of nitrogens with zero attached hydrogens (tertiary/aromatic N) is 3. The zero-order valence-corrected chi connectivity index (χ0v) is 13.7. The van der Waals surface area contributed by atoms with Crippen LogP contribution in [0.3, 0.4) is 0 Å². The summed E-state index contributed by atoms with van der Waals surface area (Å²) >= 11 is 0. The molecule has 3 rings (SSSR count). The zero-order valence-electron chi connectivity index (χ0n) is 13.7. The third-order valence-electron chi connectivity index (χ3n) is 4.44. The molecule has 1 fully saturated rings. The summed E-state index contributed by atoms with van der Waals surface area (Å²) in [6.45, 7) is 3.39. The normalized spacial score (nSPS) is 15.8. The van der Waals surface area contributed by atoms with Crippen molar-refractivity contribution in [1.29, 1.82) is 5.26 Å². The van der Waals surface area contributed by atoms with Crippen LogP contribution < -0.4 is 5.32 Å². The van der Waals surface area contributed by atoms with Crippen molar-refractivity contribution in [3.8, 4) is 6.07 Å². The smallest absolute Gasteiger partial charge is 0.144 e. The molecule has 24 heavy (non-hydrogen) atoms. The Balaban J connectivity index is 1.67.